The van der Waals surface area contributed by atoms with Gasteiger partial charge in [-0.3, -0.25) is 4.72 Å². The highest BCUT2D eigenvalue weighted by Gasteiger charge is 2.29. The zero-order valence-corrected chi connectivity index (χ0v) is 19.4. The summed E-state index contributed by atoms with van der Waals surface area (Å²) in [4.78, 5) is 10.4. The Morgan fingerprint density at radius 3 is 2.19 bits per heavy atom. The number of aromatic carboxylic acids is 1. The van der Waals surface area contributed by atoms with Gasteiger partial charge in [-0.15, -0.1) is 0 Å². The number of sulfonamides is 2. The van der Waals surface area contributed by atoms with Gasteiger partial charge in [-0.05, 0) is 30.3 Å². The molecule has 0 unspecified atom stereocenters. The molecule has 3 rings (SSSR count). The molecule has 168 valence electrons. The van der Waals surface area contributed by atoms with Crippen LogP contribution in [-0.2, 0) is 24.8 Å². The molecule has 0 atom stereocenters. The molecule has 0 radical (unpaired) electrons. The van der Waals surface area contributed by atoms with Crippen LogP contribution < -0.4 is 4.72 Å². The van der Waals surface area contributed by atoms with E-state index in [9.17, 15) is 26.7 Å². The van der Waals surface area contributed by atoms with Gasteiger partial charge in [0.25, 0.3) is 10.0 Å². The Morgan fingerprint density at radius 1 is 0.935 bits per heavy atom. The van der Waals surface area contributed by atoms with E-state index in [2.05, 4.69) is 4.72 Å². The van der Waals surface area contributed by atoms with Crippen LogP contribution in [-0.4, -0.2) is 58.5 Å². The third-order valence-electron chi connectivity index (χ3n) is 4.31. The summed E-state index contributed by atoms with van der Waals surface area (Å²) in [6, 6.07) is 5.39. The van der Waals surface area contributed by atoms with E-state index in [-0.39, 0.29) is 52.0 Å². The van der Waals surface area contributed by atoms with Crippen molar-refractivity contribution in [1.29, 1.82) is 0 Å². The number of carboxylic acids is 1. The number of morpholine rings is 1. The highest BCUT2D eigenvalue weighted by atomic mass is 35.5. The lowest BCUT2D eigenvalue weighted by Crippen LogP contribution is -2.40. The van der Waals surface area contributed by atoms with Crippen LogP contribution in [0, 0.1) is 0 Å². The first-order valence-electron chi connectivity index (χ1n) is 8.56. The smallest absolute Gasteiger partial charge is 0.337 e. The fraction of sp³-hybridized carbons (Fsp3) is 0.235. The summed E-state index contributed by atoms with van der Waals surface area (Å²) in [5.74, 6) is -1.44. The van der Waals surface area contributed by atoms with Crippen LogP contribution in [0.25, 0.3) is 0 Å². The second-order valence-electron chi connectivity index (χ2n) is 6.33. The van der Waals surface area contributed by atoms with E-state index >= 15 is 0 Å². The zero-order valence-electron chi connectivity index (χ0n) is 15.5. The molecule has 2 N–H and O–H groups in total. The van der Waals surface area contributed by atoms with E-state index in [1.165, 1.54) is 16.4 Å². The van der Waals surface area contributed by atoms with Crippen molar-refractivity contribution in [2.24, 2.45) is 0 Å². The number of nitrogens with zero attached hydrogens (tertiary/aromatic N) is 1. The van der Waals surface area contributed by atoms with E-state index in [1.807, 2.05) is 0 Å². The van der Waals surface area contributed by atoms with Crippen LogP contribution in [0.4, 0.5) is 5.69 Å². The molecule has 9 nitrogen and oxygen atoms in total. The molecule has 1 aliphatic rings. The van der Waals surface area contributed by atoms with Crippen molar-refractivity contribution in [1.82, 2.24) is 4.31 Å². The average molecular weight is 530 g/mol. The lowest BCUT2D eigenvalue weighted by atomic mass is 10.2. The van der Waals surface area contributed by atoms with Crippen molar-refractivity contribution in [2.75, 3.05) is 31.0 Å². The lowest BCUT2D eigenvalue weighted by molar-refractivity contribution is 0.0696. The maximum absolute atomic E-state index is 12.9. The van der Waals surface area contributed by atoms with E-state index in [0.717, 1.165) is 18.2 Å². The van der Waals surface area contributed by atoms with Crippen molar-refractivity contribution in [3.05, 3.63) is 51.0 Å². The van der Waals surface area contributed by atoms with Crippen LogP contribution in [0.2, 0.25) is 15.1 Å². The summed E-state index contributed by atoms with van der Waals surface area (Å²) in [7, 11) is -8.39. The first kappa shape index (κ1) is 24.1. The maximum atomic E-state index is 12.9. The fourth-order valence-corrected chi connectivity index (χ4v) is 6.61. The summed E-state index contributed by atoms with van der Waals surface area (Å²) < 4.78 is 60.0. The zero-order chi connectivity index (χ0) is 23.0. The Kier molecular flexibility index (Phi) is 7.06. The summed E-state index contributed by atoms with van der Waals surface area (Å²) in [6.07, 6.45) is 0. The van der Waals surface area contributed by atoms with Gasteiger partial charge in [-0.1, -0.05) is 34.8 Å². The topological polar surface area (TPSA) is 130 Å². The molecule has 1 aliphatic heterocycles. The molecule has 14 heteroatoms. The van der Waals surface area contributed by atoms with Gasteiger partial charge in [-0.2, -0.15) is 4.31 Å². The number of hydrogen-bond donors (Lipinski definition) is 2. The van der Waals surface area contributed by atoms with Crippen molar-refractivity contribution in [2.45, 2.75) is 9.79 Å². The molecule has 1 fully saturated rings. The van der Waals surface area contributed by atoms with Crippen LogP contribution in [0.15, 0.2) is 40.1 Å². The highest BCUT2D eigenvalue weighted by molar-refractivity contribution is 7.93. The summed E-state index contributed by atoms with van der Waals surface area (Å²) in [5, 5.41) is 8.55. The molecule has 0 spiro atoms. The van der Waals surface area contributed by atoms with E-state index in [0.29, 0.717) is 0 Å². The van der Waals surface area contributed by atoms with Crippen molar-refractivity contribution in [3.63, 3.8) is 0 Å². The average Bonchev–Trinajstić information content (AvgIpc) is 2.69. The number of nitrogens with one attached hydrogen (secondary N) is 1. The first-order valence-corrected chi connectivity index (χ1v) is 12.6. The Balaban J connectivity index is 1.99. The van der Waals surface area contributed by atoms with Gasteiger partial charge >= 0.3 is 5.97 Å². The number of benzene rings is 2. The normalized spacial score (nSPS) is 15.6. The van der Waals surface area contributed by atoms with Gasteiger partial charge in [0.1, 0.15) is 9.79 Å². The molecular weight excluding hydrogens is 515 g/mol. The summed E-state index contributed by atoms with van der Waals surface area (Å²) in [5.41, 5.74) is -0.572. The van der Waals surface area contributed by atoms with Crippen LogP contribution in [0.3, 0.4) is 0 Å². The van der Waals surface area contributed by atoms with Gasteiger partial charge < -0.3 is 9.84 Å². The second kappa shape index (κ2) is 9.10. The van der Waals surface area contributed by atoms with Crippen LogP contribution >= 0.6 is 34.8 Å². The van der Waals surface area contributed by atoms with Crippen molar-refractivity contribution < 1.29 is 31.5 Å². The summed E-state index contributed by atoms with van der Waals surface area (Å²) >= 11 is 17.8. The van der Waals surface area contributed by atoms with Crippen molar-refractivity contribution >= 4 is 66.5 Å². The third kappa shape index (κ3) is 5.08. The Hall–Kier alpha value is -1.60. The number of rotatable bonds is 6. The largest absolute Gasteiger partial charge is 0.478 e. The third-order valence-corrected chi connectivity index (χ3v) is 8.85. The van der Waals surface area contributed by atoms with E-state index < -0.39 is 36.5 Å². The molecule has 2 aromatic rings. The Morgan fingerprint density at radius 2 is 1.58 bits per heavy atom. The number of hydrogen-bond acceptors (Lipinski definition) is 6. The number of carboxylic acid groups (broad SMARTS) is 1. The number of anilines is 1. The molecule has 0 bridgehead atoms. The molecule has 1 saturated heterocycles. The molecule has 1 heterocycles. The quantitative estimate of drug-likeness (QED) is 0.588. The predicted octanol–water partition coefficient (Wildman–Crippen LogP) is 3.17. The standard InChI is InChI=1S/C17H15Cl3N2O7S2/c18-12-2-1-10(7-16(12)31(27,28)22-3-5-29-6-4-22)21-30(25,26)15-8-11(17(23)24)13(19)9-14(15)20/h1-2,7-9,21H,3-6H2,(H,23,24). The lowest BCUT2D eigenvalue weighted by Gasteiger charge is -2.26. The minimum atomic E-state index is -4.39. The fourth-order valence-electron chi connectivity index (χ4n) is 2.80. The Labute approximate surface area is 193 Å². The maximum Gasteiger partial charge on any atom is 0.337 e. The van der Waals surface area contributed by atoms with Gasteiger partial charge in [0, 0.05) is 13.1 Å². The minimum Gasteiger partial charge on any atom is -0.478 e. The van der Waals surface area contributed by atoms with Gasteiger partial charge in [0.15, 0.2) is 0 Å². The summed E-state index contributed by atoms with van der Waals surface area (Å²) in [6.45, 7) is 0.716. The molecular formula is C17H15Cl3N2O7S2. The van der Waals surface area contributed by atoms with Crippen LogP contribution in [0.5, 0.6) is 0 Å². The van der Waals surface area contributed by atoms with Gasteiger partial charge in [0.05, 0.1) is 39.5 Å². The molecule has 2 aromatic carbocycles. The van der Waals surface area contributed by atoms with E-state index in [1.54, 1.807) is 0 Å². The number of carbonyl (C=O) groups is 1. The number of halogens is 3. The Bertz CT molecular complexity index is 1240. The first-order chi connectivity index (χ1) is 14.4. The van der Waals surface area contributed by atoms with Gasteiger partial charge in [-0.25, -0.2) is 21.6 Å². The SMILES string of the molecule is O=C(O)c1cc(S(=O)(=O)Nc2ccc(Cl)c(S(=O)(=O)N3CCOCC3)c2)c(Cl)cc1Cl. The monoisotopic (exact) mass is 528 g/mol. The predicted molar refractivity (Wildman–Crippen MR) is 115 cm³/mol. The molecule has 0 aliphatic carbocycles. The molecule has 31 heavy (non-hydrogen) atoms. The van der Waals surface area contributed by atoms with Crippen LogP contribution in [0.1, 0.15) is 10.4 Å². The highest BCUT2D eigenvalue weighted by Crippen LogP contribution is 2.32. The van der Waals surface area contributed by atoms with Crippen molar-refractivity contribution in [3.8, 4) is 0 Å². The molecule has 0 amide bonds. The minimum absolute atomic E-state index is 0.0906. The van der Waals surface area contributed by atoms with Gasteiger partial charge in [0.2, 0.25) is 10.0 Å². The number of ether oxygens (including phenoxy) is 1. The second-order valence-corrected chi connectivity index (χ2v) is 11.1. The molecule has 0 saturated carbocycles. The molecule has 0 aromatic heterocycles. The van der Waals surface area contributed by atoms with E-state index in [4.69, 9.17) is 39.5 Å².